The number of sulfonamides is 1. The van der Waals surface area contributed by atoms with E-state index in [-0.39, 0.29) is 11.4 Å². The molecule has 0 amide bonds. The molecule has 19 heavy (non-hydrogen) atoms. The molecule has 0 fully saturated rings. The smallest absolute Gasteiger partial charge is 0.241 e. The van der Waals surface area contributed by atoms with Gasteiger partial charge in [-0.25, -0.2) is 18.1 Å². The minimum absolute atomic E-state index is 0.137. The zero-order valence-corrected chi connectivity index (χ0v) is 12.4. The van der Waals surface area contributed by atoms with Crippen LogP contribution < -0.4 is 10.5 Å². The summed E-state index contributed by atoms with van der Waals surface area (Å²) in [6.07, 6.45) is 5.04. The van der Waals surface area contributed by atoms with Gasteiger partial charge in [0.25, 0.3) is 0 Å². The molecule has 0 atom stereocenters. The largest absolute Gasteiger partial charge is 0.399 e. The first-order valence-electron chi connectivity index (χ1n) is 5.49. The number of halogens is 1. The molecule has 0 aliphatic carbocycles. The van der Waals surface area contributed by atoms with Gasteiger partial charge in [0.05, 0.1) is 11.2 Å². The van der Waals surface area contributed by atoms with E-state index < -0.39 is 10.0 Å². The maximum Gasteiger partial charge on any atom is 0.241 e. The molecule has 102 valence electrons. The van der Waals surface area contributed by atoms with Crippen LogP contribution in [0.1, 0.15) is 0 Å². The Labute approximate surface area is 119 Å². The average Bonchev–Trinajstić information content (AvgIpc) is 2.85. The Bertz CT molecular complexity index is 655. The van der Waals surface area contributed by atoms with Gasteiger partial charge in [0.15, 0.2) is 0 Å². The van der Waals surface area contributed by atoms with Gasteiger partial charge >= 0.3 is 0 Å². The van der Waals surface area contributed by atoms with Gasteiger partial charge in [-0.1, -0.05) is 0 Å². The maximum atomic E-state index is 12.1. The Morgan fingerprint density at radius 3 is 2.89 bits per heavy atom. The number of nitrogen functional groups attached to an aromatic ring is 1. The fourth-order valence-electron chi connectivity index (χ4n) is 1.53. The van der Waals surface area contributed by atoms with Crippen molar-refractivity contribution in [2.45, 2.75) is 11.4 Å². The van der Waals surface area contributed by atoms with Gasteiger partial charge in [-0.2, -0.15) is 0 Å². The van der Waals surface area contributed by atoms with Crippen molar-refractivity contribution < 1.29 is 8.42 Å². The summed E-state index contributed by atoms with van der Waals surface area (Å²) in [4.78, 5) is 4.02. The maximum absolute atomic E-state index is 12.1. The normalized spacial score (nSPS) is 11.6. The first-order chi connectivity index (χ1) is 8.99. The summed E-state index contributed by atoms with van der Waals surface area (Å²) in [5, 5.41) is 0. The third-order valence-electron chi connectivity index (χ3n) is 2.47. The molecule has 0 radical (unpaired) electrons. The van der Waals surface area contributed by atoms with Gasteiger partial charge in [-0.15, -0.1) is 0 Å². The molecule has 0 aliphatic rings. The predicted octanol–water partition coefficient (Wildman–Crippen LogP) is 1.21. The number of hydrogen-bond donors (Lipinski definition) is 2. The Balaban J connectivity index is 2.07. The highest BCUT2D eigenvalue weighted by Crippen LogP contribution is 2.23. The van der Waals surface area contributed by atoms with Crippen LogP contribution in [-0.2, 0) is 16.6 Å². The molecule has 0 aliphatic heterocycles. The van der Waals surface area contributed by atoms with Crippen molar-refractivity contribution >= 4 is 31.6 Å². The van der Waals surface area contributed by atoms with E-state index in [9.17, 15) is 8.42 Å². The van der Waals surface area contributed by atoms with Gasteiger partial charge in [-0.3, -0.25) is 0 Å². The summed E-state index contributed by atoms with van der Waals surface area (Å²) in [5.74, 6) is 0. The highest BCUT2D eigenvalue weighted by Gasteiger charge is 2.17. The third-order valence-corrected chi connectivity index (χ3v) is 4.92. The number of rotatable bonds is 5. The first-order valence-corrected chi connectivity index (χ1v) is 7.77. The van der Waals surface area contributed by atoms with Crippen LogP contribution in [0.5, 0.6) is 0 Å². The number of nitrogens with zero attached hydrogens (tertiary/aromatic N) is 2. The van der Waals surface area contributed by atoms with E-state index in [0.29, 0.717) is 16.7 Å². The third kappa shape index (κ3) is 3.55. The topological polar surface area (TPSA) is 90.0 Å². The lowest BCUT2D eigenvalue weighted by atomic mass is 10.3. The van der Waals surface area contributed by atoms with E-state index in [1.807, 2.05) is 0 Å². The standard InChI is InChI=1S/C11H13BrN4O2S/c12-10-2-1-9(13)7-11(10)19(17,18)15-4-6-16-5-3-14-8-16/h1-3,5,7-8,15H,4,6,13H2. The van der Waals surface area contributed by atoms with Crippen molar-refractivity contribution in [2.24, 2.45) is 0 Å². The summed E-state index contributed by atoms with van der Waals surface area (Å²) < 4.78 is 29.0. The van der Waals surface area contributed by atoms with Crippen LogP contribution in [0.4, 0.5) is 5.69 Å². The van der Waals surface area contributed by atoms with Gasteiger partial charge < -0.3 is 10.3 Å². The molecular formula is C11H13BrN4O2S. The molecule has 0 unspecified atom stereocenters. The summed E-state index contributed by atoms with van der Waals surface area (Å²) in [5.41, 5.74) is 6.01. The first kappa shape index (κ1) is 14.0. The van der Waals surface area contributed by atoms with Crippen molar-refractivity contribution in [3.8, 4) is 0 Å². The molecule has 0 saturated heterocycles. The molecular weight excluding hydrogens is 332 g/mol. The molecule has 2 aromatic rings. The van der Waals surface area contributed by atoms with E-state index in [4.69, 9.17) is 5.73 Å². The van der Waals surface area contributed by atoms with Crippen LogP contribution in [-0.4, -0.2) is 24.5 Å². The van der Waals surface area contributed by atoms with Crippen LogP contribution in [0.2, 0.25) is 0 Å². The second kappa shape index (κ2) is 5.72. The van der Waals surface area contributed by atoms with Gasteiger partial charge in [0.1, 0.15) is 0 Å². The van der Waals surface area contributed by atoms with Crippen molar-refractivity contribution in [3.63, 3.8) is 0 Å². The molecule has 2 rings (SSSR count). The predicted molar refractivity (Wildman–Crippen MR) is 76.0 cm³/mol. The summed E-state index contributed by atoms with van der Waals surface area (Å²) in [7, 11) is -3.58. The molecule has 0 saturated carbocycles. The highest BCUT2D eigenvalue weighted by atomic mass is 79.9. The Morgan fingerprint density at radius 1 is 1.42 bits per heavy atom. The second-order valence-corrected chi connectivity index (χ2v) is 6.48. The van der Waals surface area contributed by atoms with Gasteiger partial charge in [0, 0.05) is 35.6 Å². The second-order valence-electron chi connectivity index (χ2n) is 3.89. The van der Waals surface area contributed by atoms with E-state index >= 15 is 0 Å². The number of benzene rings is 1. The van der Waals surface area contributed by atoms with Crippen molar-refractivity contribution in [3.05, 3.63) is 41.4 Å². The Kier molecular flexibility index (Phi) is 4.23. The van der Waals surface area contributed by atoms with Crippen LogP contribution in [0, 0.1) is 0 Å². The zero-order chi connectivity index (χ0) is 13.9. The zero-order valence-electron chi connectivity index (χ0n) is 9.95. The minimum Gasteiger partial charge on any atom is -0.399 e. The SMILES string of the molecule is Nc1ccc(Br)c(S(=O)(=O)NCCn2ccnc2)c1. The summed E-state index contributed by atoms with van der Waals surface area (Å²) in [6.45, 7) is 0.791. The van der Waals surface area contributed by atoms with E-state index in [2.05, 4.69) is 25.6 Å². The minimum atomic E-state index is -3.58. The highest BCUT2D eigenvalue weighted by molar-refractivity contribution is 9.10. The fraction of sp³-hybridized carbons (Fsp3) is 0.182. The number of nitrogens with two attached hydrogens (primary N) is 1. The van der Waals surface area contributed by atoms with Crippen molar-refractivity contribution in [1.29, 1.82) is 0 Å². The number of hydrogen-bond acceptors (Lipinski definition) is 4. The lowest BCUT2D eigenvalue weighted by molar-refractivity contribution is 0.572. The van der Waals surface area contributed by atoms with E-state index in [1.54, 1.807) is 35.4 Å². The number of imidazole rings is 1. The van der Waals surface area contributed by atoms with Crippen LogP contribution in [0.3, 0.4) is 0 Å². The molecule has 3 N–H and O–H groups in total. The Hall–Kier alpha value is -1.38. The molecule has 0 spiro atoms. The van der Waals surface area contributed by atoms with Crippen LogP contribution in [0.15, 0.2) is 46.3 Å². The quantitative estimate of drug-likeness (QED) is 0.797. The van der Waals surface area contributed by atoms with Crippen molar-refractivity contribution in [2.75, 3.05) is 12.3 Å². The summed E-state index contributed by atoms with van der Waals surface area (Å²) >= 11 is 3.21. The molecule has 1 aromatic heterocycles. The number of anilines is 1. The van der Waals surface area contributed by atoms with Crippen LogP contribution in [0.25, 0.3) is 0 Å². The number of nitrogens with one attached hydrogen (secondary N) is 1. The molecule has 1 aromatic carbocycles. The molecule has 8 heteroatoms. The lowest BCUT2D eigenvalue weighted by Crippen LogP contribution is -2.27. The van der Waals surface area contributed by atoms with Crippen molar-refractivity contribution in [1.82, 2.24) is 14.3 Å². The molecule has 0 bridgehead atoms. The fourth-order valence-corrected chi connectivity index (χ4v) is 3.55. The summed E-state index contributed by atoms with van der Waals surface area (Å²) in [6, 6.07) is 4.66. The molecule has 1 heterocycles. The molecule has 6 nitrogen and oxygen atoms in total. The average molecular weight is 345 g/mol. The van der Waals surface area contributed by atoms with Gasteiger partial charge in [0.2, 0.25) is 10.0 Å². The number of aromatic nitrogens is 2. The van der Waals surface area contributed by atoms with E-state index in [0.717, 1.165) is 0 Å². The van der Waals surface area contributed by atoms with E-state index in [1.165, 1.54) is 6.07 Å². The lowest BCUT2D eigenvalue weighted by Gasteiger charge is -2.09. The Morgan fingerprint density at radius 2 is 2.21 bits per heavy atom. The monoisotopic (exact) mass is 344 g/mol. The van der Waals surface area contributed by atoms with Gasteiger partial charge in [-0.05, 0) is 34.1 Å². The van der Waals surface area contributed by atoms with Crippen LogP contribution >= 0.6 is 15.9 Å².